The number of aryl methyl sites for hydroxylation is 1. The minimum absolute atomic E-state index is 0.100. The molecule has 0 amide bonds. The Bertz CT molecular complexity index is 451. The van der Waals surface area contributed by atoms with E-state index in [9.17, 15) is 14.3 Å². The van der Waals surface area contributed by atoms with Gasteiger partial charge in [-0.05, 0) is 25.6 Å². The maximum absolute atomic E-state index is 13.4. The van der Waals surface area contributed by atoms with Crippen LogP contribution >= 0.6 is 0 Å². The van der Waals surface area contributed by atoms with Crippen molar-refractivity contribution in [1.82, 2.24) is 4.90 Å². The highest BCUT2D eigenvalue weighted by Gasteiger charge is 2.12. The normalized spacial score (nSPS) is 12.7. The number of aliphatic hydroxyl groups excluding tert-OH is 1. The van der Waals surface area contributed by atoms with Gasteiger partial charge in [0.2, 0.25) is 0 Å². The molecule has 1 rings (SSSR count). The number of carbonyl (C=O) groups excluding carboxylic acids is 1. The van der Waals surface area contributed by atoms with Gasteiger partial charge < -0.3 is 14.7 Å². The lowest BCUT2D eigenvalue weighted by Crippen LogP contribution is -2.33. The summed E-state index contributed by atoms with van der Waals surface area (Å²) in [4.78, 5) is 13.8. The molecule has 0 aliphatic carbocycles. The minimum atomic E-state index is -0.572. The molecule has 1 unspecified atom stereocenters. The van der Waals surface area contributed by atoms with Crippen molar-refractivity contribution in [2.75, 3.05) is 33.9 Å². The summed E-state index contributed by atoms with van der Waals surface area (Å²) in [6.07, 6.45) is -0.282. The lowest BCUT2D eigenvalue weighted by molar-refractivity contribution is 0.0428. The van der Waals surface area contributed by atoms with E-state index in [4.69, 9.17) is 4.74 Å². The molecule has 0 saturated heterocycles. The lowest BCUT2D eigenvalue weighted by Gasteiger charge is -2.19. The Hall–Kier alpha value is -1.30. The number of Topliss-reactive ketones (excluding diaryl/α,β-unsaturated/α-hetero) is 1. The number of nitrogens with zero attached hydrogens (tertiary/aromatic N) is 1. The van der Waals surface area contributed by atoms with E-state index in [0.29, 0.717) is 30.6 Å². The predicted molar refractivity (Wildman–Crippen MR) is 75.5 cm³/mol. The Kier molecular flexibility index (Phi) is 6.78. The molecule has 0 saturated carbocycles. The summed E-state index contributed by atoms with van der Waals surface area (Å²) in [5.74, 6) is -0.461. The van der Waals surface area contributed by atoms with Crippen LogP contribution in [0.3, 0.4) is 0 Å². The summed E-state index contributed by atoms with van der Waals surface area (Å²) in [6, 6.07) is 4.52. The average molecular weight is 283 g/mol. The summed E-state index contributed by atoms with van der Waals surface area (Å²) in [5, 5.41) is 9.57. The van der Waals surface area contributed by atoms with Crippen molar-refractivity contribution in [2.24, 2.45) is 0 Å². The van der Waals surface area contributed by atoms with Gasteiger partial charge in [-0.15, -0.1) is 0 Å². The summed E-state index contributed by atoms with van der Waals surface area (Å²) >= 11 is 0. The van der Waals surface area contributed by atoms with Crippen molar-refractivity contribution in [3.63, 3.8) is 0 Å². The van der Waals surface area contributed by atoms with Crippen LogP contribution in [0.25, 0.3) is 0 Å². The van der Waals surface area contributed by atoms with Crippen LogP contribution in [0, 0.1) is 12.7 Å². The first kappa shape index (κ1) is 16.8. The second kappa shape index (κ2) is 8.09. The zero-order valence-electron chi connectivity index (χ0n) is 12.2. The average Bonchev–Trinajstić information content (AvgIpc) is 2.39. The van der Waals surface area contributed by atoms with Crippen molar-refractivity contribution in [3.05, 3.63) is 35.1 Å². The van der Waals surface area contributed by atoms with Crippen LogP contribution in [0.5, 0.6) is 0 Å². The zero-order chi connectivity index (χ0) is 15.1. The summed E-state index contributed by atoms with van der Waals surface area (Å²) in [5.41, 5.74) is 0.917. The first-order valence-electron chi connectivity index (χ1n) is 6.59. The van der Waals surface area contributed by atoms with Gasteiger partial charge in [0.15, 0.2) is 5.78 Å². The number of benzene rings is 1. The van der Waals surface area contributed by atoms with Crippen LogP contribution in [-0.4, -0.2) is 55.7 Å². The van der Waals surface area contributed by atoms with Crippen LogP contribution < -0.4 is 0 Å². The number of hydrogen-bond acceptors (Lipinski definition) is 4. The van der Waals surface area contributed by atoms with Gasteiger partial charge in [0, 0.05) is 32.2 Å². The molecular formula is C15H22FNO3. The number of methoxy groups -OCH3 is 1. The smallest absolute Gasteiger partial charge is 0.164 e. The molecule has 0 radical (unpaired) electrons. The van der Waals surface area contributed by atoms with Gasteiger partial charge in [-0.3, -0.25) is 4.79 Å². The van der Waals surface area contributed by atoms with Crippen molar-refractivity contribution in [3.8, 4) is 0 Å². The molecule has 20 heavy (non-hydrogen) atoms. The number of rotatable bonds is 8. The molecule has 0 aliphatic heterocycles. The van der Waals surface area contributed by atoms with Gasteiger partial charge in [-0.2, -0.15) is 0 Å². The van der Waals surface area contributed by atoms with E-state index in [0.717, 1.165) is 0 Å². The van der Waals surface area contributed by atoms with Crippen LogP contribution in [0.15, 0.2) is 18.2 Å². The van der Waals surface area contributed by atoms with E-state index in [-0.39, 0.29) is 18.2 Å². The van der Waals surface area contributed by atoms with Crippen molar-refractivity contribution in [1.29, 1.82) is 0 Å². The highest BCUT2D eigenvalue weighted by molar-refractivity contribution is 5.96. The molecule has 1 aromatic rings. The third-order valence-electron chi connectivity index (χ3n) is 3.10. The zero-order valence-corrected chi connectivity index (χ0v) is 12.2. The molecule has 0 spiro atoms. The minimum Gasteiger partial charge on any atom is -0.389 e. The number of likely N-dealkylation sites (N-methyl/N-ethyl adjacent to an activating group) is 1. The van der Waals surface area contributed by atoms with Crippen LogP contribution in [0.4, 0.5) is 4.39 Å². The van der Waals surface area contributed by atoms with Crippen molar-refractivity contribution >= 4 is 5.78 Å². The Labute approximate surface area is 119 Å². The first-order chi connectivity index (χ1) is 9.43. The summed E-state index contributed by atoms with van der Waals surface area (Å²) in [6.45, 7) is 2.87. The monoisotopic (exact) mass is 283 g/mol. The van der Waals surface area contributed by atoms with Gasteiger partial charge >= 0.3 is 0 Å². The second-order valence-corrected chi connectivity index (χ2v) is 5.01. The Balaban J connectivity index is 2.44. The number of aliphatic hydroxyl groups is 1. The summed E-state index contributed by atoms with van der Waals surface area (Å²) < 4.78 is 18.2. The van der Waals surface area contributed by atoms with E-state index in [1.807, 2.05) is 11.9 Å². The number of hydrogen-bond donors (Lipinski definition) is 1. The molecule has 0 bridgehead atoms. The van der Waals surface area contributed by atoms with Crippen molar-refractivity contribution < 1.29 is 19.0 Å². The summed E-state index contributed by atoms with van der Waals surface area (Å²) in [7, 11) is 3.35. The van der Waals surface area contributed by atoms with Gasteiger partial charge in [0.1, 0.15) is 5.82 Å². The fourth-order valence-electron chi connectivity index (χ4n) is 1.90. The third kappa shape index (κ3) is 5.36. The quantitative estimate of drug-likeness (QED) is 0.737. The highest BCUT2D eigenvalue weighted by atomic mass is 19.1. The third-order valence-corrected chi connectivity index (χ3v) is 3.10. The van der Waals surface area contributed by atoms with Gasteiger partial charge in [-0.1, -0.05) is 12.1 Å². The molecule has 0 aromatic heterocycles. The molecule has 112 valence electrons. The van der Waals surface area contributed by atoms with E-state index < -0.39 is 6.10 Å². The Morgan fingerprint density at radius 1 is 1.50 bits per heavy atom. The topological polar surface area (TPSA) is 49.8 Å². The molecule has 0 heterocycles. The van der Waals surface area contributed by atoms with Crippen LogP contribution in [0.2, 0.25) is 0 Å². The van der Waals surface area contributed by atoms with Crippen LogP contribution in [-0.2, 0) is 4.74 Å². The second-order valence-electron chi connectivity index (χ2n) is 5.01. The Morgan fingerprint density at radius 2 is 2.20 bits per heavy atom. The number of ketones is 1. The fourth-order valence-corrected chi connectivity index (χ4v) is 1.90. The number of carbonyl (C=O) groups is 1. The molecule has 5 heteroatoms. The standard InChI is InChI=1S/C15H22FNO3/c1-11-4-5-12(8-14(11)16)15(19)6-7-17(2)9-13(18)10-20-3/h4-5,8,13,18H,6-7,9-10H2,1-3H3. The van der Waals surface area contributed by atoms with Gasteiger partial charge in [0.25, 0.3) is 0 Å². The lowest BCUT2D eigenvalue weighted by atomic mass is 10.1. The molecular weight excluding hydrogens is 261 g/mol. The van der Waals surface area contributed by atoms with Crippen molar-refractivity contribution in [2.45, 2.75) is 19.4 Å². The SMILES string of the molecule is COCC(O)CN(C)CCC(=O)c1ccc(C)c(F)c1. The molecule has 1 aromatic carbocycles. The fraction of sp³-hybridized carbons (Fsp3) is 0.533. The van der Waals surface area contributed by atoms with E-state index >= 15 is 0 Å². The maximum Gasteiger partial charge on any atom is 0.164 e. The van der Waals surface area contributed by atoms with E-state index in [2.05, 4.69) is 0 Å². The Morgan fingerprint density at radius 3 is 2.80 bits per heavy atom. The number of halogens is 1. The largest absolute Gasteiger partial charge is 0.389 e. The molecule has 0 aliphatic rings. The first-order valence-corrected chi connectivity index (χ1v) is 6.59. The molecule has 0 fully saturated rings. The molecule has 1 N–H and O–H groups in total. The highest BCUT2D eigenvalue weighted by Crippen LogP contribution is 2.11. The van der Waals surface area contributed by atoms with E-state index in [1.165, 1.54) is 13.2 Å². The molecule has 1 atom stereocenters. The van der Waals surface area contributed by atoms with Crippen LogP contribution in [0.1, 0.15) is 22.3 Å². The van der Waals surface area contributed by atoms with Gasteiger partial charge in [0.05, 0.1) is 12.7 Å². The van der Waals surface area contributed by atoms with Gasteiger partial charge in [-0.25, -0.2) is 4.39 Å². The predicted octanol–water partition coefficient (Wildman–Crippen LogP) is 1.65. The number of ether oxygens (including phenoxy) is 1. The van der Waals surface area contributed by atoms with E-state index in [1.54, 1.807) is 19.1 Å². The maximum atomic E-state index is 13.4. The molecule has 4 nitrogen and oxygen atoms in total.